The first kappa shape index (κ1) is 19.5. The zero-order valence-electron chi connectivity index (χ0n) is 16.4. The normalized spacial score (nSPS) is 14.3. The van der Waals surface area contributed by atoms with Crippen LogP contribution in [0.15, 0.2) is 36.5 Å². The van der Waals surface area contributed by atoms with Crippen LogP contribution in [-0.4, -0.2) is 66.9 Å². The summed E-state index contributed by atoms with van der Waals surface area (Å²) in [7, 11) is 1.59. The van der Waals surface area contributed by atoms with E-state index in [0.717, 1.165) is 41.1 Å². The van der Waals surface area contributed by atoms with Crippen molar-refractivity contribution < 1.29 is 19.3 Å². The number of pyridine rings is 1. The molecule has 1 saturated heterocycles. The first-order valence-electron chi connectivity index (χ1n) is 9.61. The lowest BCUT2D eigenvalue weighted by Crippen LogP contribution is -2.37. The van der Waals surface area contributed by atoms with Crippen LogP contribution in [0, 0.1) is 0 Å². The lowest BCUT2D eigenvalue weighted by Gasteiger charge is -2.28. The molecule has 3 heterocycles. The van der Waals surface area contributed by atoms with Gasteiger partial charge in [0.15, 0.2) is 18.4 Å². The maximum Gasteiger partial charge on any atom is 0.188 e. The Morgan fingerprint density at radius 1 is 1.17 bits per heavy atom. The van der Waals surface area contributed by atoms with Crippen molar-refractivity contribution in [3.8, 4) is 17.1 Å². The number of ether oxygens (including phenoxy) is 3. The largest absolute Gasteiger partial charge is 0.468 e. The summed E-state index contributed by atoms with van der Waals surface area (Å²) in [6.45, 7) is 3.06. The van der Waals surface area contributed by atoms with Crippen molar-refractivity contribution in [2.24, 2.45) is 0 Å². The van der Waals surface area contributed by atoms with Crippen molar-refractivity contribution in [1.29, 1.82) is 0 Å². The van der Waals surface area contributed by atoms with Gasteiger partial charge in [0.25, 0.3) is 0 Å². The van der Waals surface area contributed by atoms with Crippen LogP contribution < -0.4 is 9.64 Å². The summed E-state index contributed by atoms with van der Waals surface area (Å²) >= 11 is 0. The Morgan fingerprint density at radius 2 is 2.03 bits per heavy atom. The van der Waals surface area contributed by atoms with Gasteiger partial charge in [-0.25, -0.2) is 9.97 Å². The average Bonchev–Trinajstić information content (AvgIpc) is 2.78. The van der Waals surface area contributed by atoms with E-state index in [0.29, 0.717) is 31.2 Å². The Morgan fingerprint density at radius 3 is 2.83 bits per heavy atom. The topological polar surface area (TPSA) is 89.8 Å². The molecule has 1 fully saturated rings. The quantitative estimate of drug-likeness (QED) is 0.607. The van der Waals surface area contributed by atoms with Gasteiger partial charge in [-0.2, -0.15) is 0 Å². The van der Waals surface area contributed by atoms with Gasteiger partial charge in [-0.3, -0.25) is 4.98 Å². The number of aliphatic hydroxyl groups is 1. The molecule has 0 atom stereocenters. The third-order valence-corrected chi connectivity index (χ3v) is 4.72. The van der Waals surface area contributed by atoms with Crippen molar-refractivity contribution in [2.45, 2.75) is 6.42 Å². The number of aromatic nitrogens is 3. The maximum atomic E-state index is 9.28. The Labute approximate surface area is 169 Å². The number of aliphatic hydroxyl groups excluding tert-OH is 1. The van der Waals surface area contributed by atoms with Crippen LogP contribution >= 0.6 is 0 Å². The van der Waals surface area contributed by atoms with Crippen LogP contribution in [0.1, 0.15) is 5.56 Å². The molecule has 0 radical (unpaired) electrons. The molecule has 1 aliphatic rings. The monoisotopic (exact) mass is 396 g/mol. The van der Waals surface area contributed by atoms with E-state index in [9.17, 15) is 5.11 Å². The average molecular weight is 396 g/mol. The highest BCUT2D eigenvalue weighted by Crippen LogP contribution is 2.29. The number of hydrogen-bond donors (Lipinski definition) is 1. The predicted molar refractivity (Wildman–Crippen MR) is 109 cm³/mol. The fraction of sp³-hybridized carbons (Fsp3) is 0.381. The minimum Gasteiger partial charge on any atom is -0.468 e. The summed E-state index contributed by atoms with van der Waals surface area (Å²) in [5, 5.41) is 9.28. The van der Waals surface area contributed by atoms with Crippen molar-refractivity contribution in [2.75, 3.05) is 51.7 Å². The van der Waals surface area contributed by atoms with Crippen LogP contribution in [-0.2, 0) is 15.9 Å². The highest BCUT2D eigenvalue weighted by Gasteiger charge is 2.19. The molecule has 0 bridgehead atoms. The van der Waals surface area contributed by atoms with Crippen LogP contribution in [0.25, 0.3) is 22.4 Å². The van der Waals surface area contributed by atoms with E-state index < -0.39 is 0 Å². The highest BCUT2D eigenvalue weighted by molar-refractivity contribution is 5.88. The predicted octanol–water partition coefficient (Wildman–Crippen LogP) is 2.05. The van der Waals surface area contributed by atoms with Gasteiger partial charge in [-0.05, 0) is 30.2 Å². The van der Waals surface area contributed by atoms with E-state index in [2.05, 4.69) is 9.88 Å². The number of benzene rings is 1. The fourth-order valence-electron chi connectivity index (χ4n) is 3.29. The molecule has 152 valence electrons. The van der Waals surface area contributed by atoms with Crippen molar-refractivity contribution in [1.82, 2.24) is 15.0 Å². The van der Waals surface area contributed by atoms with Gasteiger partial charge in [0.2, 0.25) is 0 Å². The molecule has 3 aromatic rings. The summed E-state index contributed by atoms with van der Waals surface area (Å²) in [4.78, 5) is 16.4. The van der Waals surface area contributed by atoms with Gasteiger partial charge >= 0.3 is 0 Å². The summed E-state index contributed by atoms with van der Waals surface area (Å²) < 4.78 is 16.0. The second-order valence-electron chi connectivity index (χ2n) is 6.73. The molecule has 1 N–H and O–H groups in total. The summed E-state index contributed by atoms with van der Waals surface area (Å²) in [6, 6.07) is 9.60. The molecule has 8 heteroatoms. The second-order valence-corrected chi connectivity index (χ2v) is 6.73. The van der Waals surface area contributed by atoms with E-state index in [1.807, 2.05) is 30.3 Å². The number of hydrogen-bond acceptors (Lipinski definition) is 8. The van der Waals surface area contributed by atoms with E-state index in [-0.39, 0.29) is 13.4 Å². The van der Waals surface area contributed by atoms with E-state index in [1.54, 1.807) is 13.3 Å². The van der Waals surface area contributed by atoms with Gasteiger partial charge < -0.3 is 24.2 Å². The number of methoxy groups -OCH3 is 1. The van der Waals surface area contributed by atoms with Crippen molar-refractivity contribution in [3.05, 3.63) is 42.1 Å². The molecule has 1 aromatic carbocycles. The maximum absolute atomic E-state index is 9.28. The number of morpholine rings is 1. The van der Waals surface area contributed by atoms with Gasteiger partial charge in [-0.1, -0.05) is 12.1 Å². The van der Waals surface area contributed by atoms with Gasteiger partial charge in [0.05, 0.1) is 18.7 Å². The molecular formula is C21H24N4O4. The second kappa shape index (κ2) is 9.13. The smallest absolute Gasteiger partial charge is 0.188 e. The van der Waals surface area contributed by atoms with Crippen LogP contribution in [0.5, 0.6) is 5.75 Å². The molecule has 2 aromatic heterocycles. The number of nitrogens with zero attached hydrogens (tertiary/aromatic N) is 4. The van der Waals surface area contributed by atoms with Crippen LogP contribution in [0.3, 0.4) is 0 Å². The molecule has 0 unspecified atom stereocenters. The number of rotatable bonds is 7. The standard InChI is InChI=1S/C21H24N4O4/c1-27-14-29-17-4-2-3-16(12-17)20-23-18-11-15(5-8-26)13-22-19(18)21(24-20)25-6-9-28-10-7-25/h2-4,11-13,26H,5-10,14H2,1H3. The Bertz CT molecular complexity index is 976. The third-order valence-electron chi connectivity index (χ3n) is 4.72. The number of anilines is 1. The van der Waals surface area contributed by atoms with Gasteiger partial charge in [-0.15, -0.1) is 0 Å². The Kier molecular flexibility index (Phi) is 6.14. The molecule has 4 rings (SSSR count). The third kappa shape index (κ3) is 4.45. The van der Waals surface area contributed by atoms with E-state index in [4.69, 9.17) is 24.2 Å². The summed E-state index contributed by atoms with van der Waals surface area (Å²) in [6.07, 6.45) is 2.32. The van der Waals surface area contributed by atoms with E-state index >= 15 is 0 Å². The van der Waals surface area contributed by atoms with Gasteiger partial charge in [0.1, 0.15) is 11.3 Å². The summed E-state index contributed by atoms with van der Waals surface area (Å²) in [5.41, 5.74) is 3.30. The van der Waals surface area contributed by atoms with Crippen LogP contribution in [0.4, 0.5) is 5.82 Å². The Balaban J connectivity index is 1.80. The first-order chi connectivity index (χ1) is 14.3. The number of fused-ring (bicyclic) bond motifs is 1. The molecule has 0 spiro atoms. The summed E-state index contributed by atoms with van der Waals surface area (Å²) in [5.74, 6) is 2.09. The minimum absolute atomic E-state index is 0.0698. The molecular weight excluding hydrogens is 372 g/mol. The Hall–Kier alpha value is -2.81. The zero-order valence-corrected chi connectivity index (χ0v) is 16.4. The zero-order chi connectivity index (χ0) is 20.1. The van der Waals surface area contributed by atoms with Crippen molar-refractivity contribution in [3.63, 3.8) is 0 Å². The SMILES string of the molecule is COCOc1cccc(-c2nc(N3CCOCC3)c3ncc(CCO)cc3n2)c1. The lowest BCUT2D eigenvalue weighted by molar-refractivity contribution is 0.0511. The van der Waals surface area contributed by atoms with Crippen LogP contribution in [0.2, 0.25) is 0 Å². The minimum atomic E-state index is 0.0698. The molecule has 8 nitrogen and oxygen atoms in total. The van der Waals surface area contributed by atoms with E-state index in [1.165, 1.54) is 0 Å². The fourth-order valence-corrected chi connectivity index (χ4v) is 3.29. The van der Waals surface area contributed by atoms with Gasteiger partial charge in [0, 0.05) is 38.6 Å². The first-order valence-corrected chi connectivity index (χ1v) is 9.61. The lowest BCUT2D eigenvalue weighted by atomic mass is 10.1. The molecule has 0 aliphatic carbocycles. The molecule has 0 saturated carbocycles. The van der Waals surface area contributed by atoms with Crippen molar-refractivity contribution >= 4 is 16.9 Å². The molecule has 1 aliphatic heterocycles. The molecule has 29 heavy (non-hydrogen) atoms. The highest BCUT2D eigenvalue weighted by atomic mass is 16.7. The molecule has 0 amide bonds.